The van der Waals surface area contributed by atoms with Crippen molar-refractivity contribution in [2.75, 3.05) is 0 Å². The van der Waals surface area contributed by atoms with E-state index in [0.29, 0.717) is 0 Å². The molecule has 0 saturated heterocycles. The van der Waals surface area contributed by atoms with Gasteiger partial charge in [-0.3, -0.25) is 0 Å². The third kappa shape index (κ3) is 4.97. The topological polar surface area (TPSA) is 72.5 Å². The Balaban J connectivity index is 4.43. The summed E-state index contributed by atoms with van der Waals surface area (Å²) in [5.74, 6) is -4.39. The van der Waals surface area contributed by atoms with Crippen molar-refractivity contribution in [2.24, 2.45) is 0 Å². The third-order valence-electron chi connectivity index (χ3n) is 1.25. The first kappa shape index (κ1) is 13.4. The van der Waals surface area contributed by atoms with Gasteiger partial charge in [-0.2, -0.15) is 0 Å². The molecule has 0 fully saturated rings. The maximum atomic E-state index is 11.4. The highest BCUT2D eigenvalue weighted by Crippen LogP contribution is 2.13. The van der Waals surface area contributed by atoms with Gasteiger partial charge in [0.2, 0.25) is 0 Å². The second-order valence-corrected chi connectivity index (χ2v) is 3.20. The maximum absolute atomic E-state index is 11.4. The molecule has 15 heavy (non-hydrogen) atoms. The molecule has 0 aromatic rings. The van der Waals surface area contributed by atoms with Crippen LogP contribution in [0.5, 0.6) is 0 Å². The number of hydrogen-bond donors (Lipinski definition) is 0. The summed E-state index contributed by atoms with van der Waals surface area (Å²) in [5, 5.41) is 11.4. The molecule has 0 amide bonds. The van der Waals surface area contributed by atoms with E-state index in [0.717, 1.165) is 6.92 Å². The highest BCUT2D eigenvalue weighted by Gasteiger charge is 2.32. The third-order valence-corrected chi connectivity index (χ3v) is 1.25. The Morgan fingerprint density at radius 2 is 1.27 bits per heavy atom. The largest absolute Gasteiger partial charge is 0.400 e. The Morgan fingerprint density at radius 1 is 1.00 bits per heavy atom. The zero-order valence-electron chi connectivity index (χ0n) is 8.96. The summed E-state index contributed by atoms with van der Waals surface area (Å²) < 4.78 is 8.68. The number of carbonyl (C=O) groups is 2. The first-order valence-corrected chi connectivity index (χ1v) is 4.14. The first-order chi connectivity index (χ1) is 6.65. The smallest absolute Gasteiger partial charge is 0.393 e. The summed E-state index contributed by atoms with van der Waals surface area (Å²) in [7, 11) is 0. The highest BCUT2D eigenvalue weighted by atomic mass is 16.8. The van der Waals surface area contributed by atoms with Gasteiger partial charge in [0.1, 0.15) is 0 Å². The van der Waals surface area contributed by atoms with E-state index in [4.69, 9.17) is 0 Å². The molecule has 0 heterocycles. The Labute approximate surface area is 88.0 Å². The van der Waals surface area contributed by atoms with Gasteiger partial charge in [-0.1, -0.05) is 13.2 Å². The minimum atomic E-state index is -2.56. The van der Waals surface area contributed by atoms with Gasteiger partial charge in [0.05, 0.1) is 0 Å². The molecule has 0 bridgehead atoms. The van der Waals surface area contributed by atoms with Crippen LogP contribution in [0, 0.1) is 0 Å². The molecule has 0 unspecified atom stereocenters. The van der Waals surface area contributed by atoms with Crippen molar-refractivity contribution in [3.63, 3.8) is 0 Å². The van der Waals surface area contributed by atoms with Crippen molar-refractivity contribution in [3.8, 4) is 0 Å². The van der Waals surface area contributed by atoms with Gasteiger partial charge in [-0.05, 0) is 13.8 Å². The zero-order valence-corrected chi connectivity index (χ0v) is 8.96. The van der Waals surface area contributed by atoms with Crippen LogP contribution in [0.15, 0.2) is 24.3 Å². The highest BCUT2D eigenvalue weighted by molar-refractivity contribution is 5.88. The molecule has 0 N–H and O–H groups in total. The van der Waals surface area contributed by atoms with Gasteiger partial charge in [0.15, 0.2) is 0 Å². The van der Waals surface area contributed by atoms with Gasteiger partial charge < -0.3 is 9.47 Å². The normalized spacial score (nSPS) is 10.4. The van der Waals surface area contributed by atoms with E-state index in [-0.39, 0.29) is 11.1 Å². The lowest BCUT2D eigenvalue weighted by atomic mass is 10.3. The van der Waals surface area contributed by atoms with E-state index in [1.54, 1.807) is 0 Å². The van der Waals surface area contributed by atoms with Crippen LogP contribution in [-0.2, 0) is 24.2 Å². The minimum Gasteiger partial charge on any atom is -0.393 e. The molecule has 0 aliphatic carbocycles. The van der Waals surface area contributed by atoms with Crippen LogP contribution in [0.4, 0.5) is 0 Å². The monoisotopic (exact) mass is 213 g/mol. The predicted molar refractivity (Wildman–Crippen MR) is 50.9 cm³/mol. The maximum Gasteiger partial charge on any atom is 0.400 e. The molecular weight excluding hydrogens is 200 g/mol. The van der Waals surface area contributed by atoms with Crippen molar-refractivity contribution in [2.45, 2.75) is 26.7 Å². The molecular formula is C10H13O5. The van der Waals surface area contributed by atoms with Crippen molar-refractivity contribution >= 4 is 11.9 Å². The molecule has 0 aliphatic heterocycles. The Bertz CT molecular complexity index is 284. The molecule has 5 heteroatoms. The second kappa shape index (κ2) is 4.75. The number of hydrogen-bond acceptors (Lipinski definition) is 4. The Kier molecular flexibility index (Phi) is 4.23. The summed E-state index contributed by atoms with van der Waals surface area (Å²) in [6.07, 6.45) is 0. The number of esters is 2. The predicted octanol–water partition coefficient (Wildman–Crippen LogP) is 1.33. The molecule has 0 aliphatic rings. The Hall–Kier alpha value is -1.62. The average molecular weight is 213 g/mol. The lowest BCUT2D eigenvalue weighted by Gasteiger charge is -2.20. The van der Waals surface area contributed by atoms with E-state index >= 15 is 0 Å². The summed E-state index contributed by atoms with van der Waals surface area (Å²) in [6, 6.07) is 0. The van der Waals surface area contributed by atoms with Crippen molar-refractivity contribution < 1.29 is 24.2 Å². The summed E-state index contributed by atoms with van der Waals surface area (Å²) in [5.41, 5.74) is 0.0897. The van der Waals surface area contributed by atoms with E-state index in [9.17, 15) is 14.7 Å². The summed E-state index contributed by atoms with van der Waals surface area (Å²) in [6.45, 7) is 10.2. The zero-order chi connectivity index (χ0) is 12.2. The van der Waals surface area contributed by atoms with Crippen LogP contribution in [-0.4, -0.2) is 17.9 Å². The second-order valence-electron chi connectivity index (χ2n) is 3.20. The SMILES string of the molecule is C=C(C)C(=O)OC(C)([O])OC(=O)C(=C)C. The summed E-state index contributed by atoms with van der Waals surface area (Å²) in [4.78, 5) is 21.9. The van der Waals surface area contributed by atoms with Crippen LogP contribution < -0.4 is 0 Å². The van der Waals surface area contributed by atoms with Crippen molar-refractivity contribution in [3.05, 3.63) is 24.3 Å². The van der Waals surface area contributed by atoms with Crippen LogP contribution >= 0.6 is 0 Å². The van der Waals surface area contributed by atoms with Crippen LogP contribution in [0.1, 0.15) is 20.8 Å². The standard InChI is InChI=1S/C10H13O5/c1-6(2)8(11)14-10(5,13)15-9(12)7(3)4/h1,3H2,2,4-5H3. The van der Waals surface area contributed by atoms with E-state index < -0.39 is 17.9 Å². The van der Waals surface area contributed by atoms with Crippen LogP contribution in [0.25, 0.3) is 0 Å². The molecule has 83 valence electrons. The van der Waals surface area contributed by atoms with Crippen LogP contribution in [0.2, 0.25) is 0 Å². The van der Waals surface area contributed by atoms with Gasteiger partial charge in [0, 0.05) is 18.1 Å². The molecule has 0 aromatic heterocycles. The van der Waals surface area contributed by atoms with Gasteiger partial charge in [-0.25, -0.2) is 9.59 Å². The molecule has 1 radical (unpaired) electrons. The van der Waals surface area contributed by atoms with E-state index in [2.05, 4.69) is 22.6 Å². The van der Waals surface area contributed by atoms with E-state index in [1.165, 1.54) is 13.8 Å². The van der Waals surface area contributed by atoms with Crippen molar-refractivity contribution in [1.82, 2.24) is 0 Å². The summed E-state index contributed by atoms with van der Waals surface area (Å²) >= 11 is 0. The first-order valence-electron chi connectivity index (χ1n) is 4.14. The molecule has 0 aromatic carbocycles. The van der Waals surface area contributed by atoms with Gasteiger partial charge in [0.25, 0.3) is 0 Å². The van der Waals surface area contributed by atoms with Crippen molar-refractivity contribution in [1.29, 1.82) is 0 Å². The minimum absolute atomic E-state index is 0.0449. The quantitative estimate of drug-likeness (QED) is 0.401. The van der Waals surface area contributed by atoms with Gasteiger partial charge in [-0.15, -0.1) is 5.11 Å². The van der Waals surface area contributed by atoms with E-state index in [1.807, 2.05) is 0 Å². The molecule has 0 rings (SSSR count). The lowest BCUT2D eigenvalue weighted by molar-refractivity contribution is -0.338. The lowest BCUT2D eigenvalue weighted by Crippen LogP contribution is -2.35. The molecule has 0 saturated carbocycles. The van der Waals surface area contributed by atoms with Crippen LogP contribution in [0.3, 0.4) is 0 Å². The fourth-order valence-corrected chi connectivity index (χ4v) is 0.532. The average Bonchev–Trinajstić information content (AvgIpc) is 2.01. The van der Waals surface area contributed by atoms with Gasteiger partial charge >= 0.3 is 17.9 Å². The number of ether oxygens (including phenoxy) is 2. The molecule has 0 atom stereocenters. The fourth-order valence-electron chi connectivity index (χ4n) is 0.532. The number of rotatable bonds is 4. The Morgan fingerprint density at radius 3 is 1.47 bits per heavy atom. The number of carbonyl (C=O) groups excluding carboxylic acids is 2. The molecule has 5 nitrogen and oxygen atoms in total. The molecule has 0 spiro atoms. The fraction of sp³-hybridized carbons (Fsp3) is 0.400.